The second-order valence-corrected chi connectivity index (χ2v) is 0.758. The molecule has 34 valence electrons. The number of hydrogen-bond donors (Lipinski definition) is 2. The average Bonchev–Trinajstić information content (AvgIpc) is 1.41. The monoisotopic (exact) mass is 146 g/mol. The average molecular weight is 146 g/mol. The smallest absolute Gasteiger partial charge is 0.512 e. The van der Waals surface area contributed by atoms with Gasteiger partial charge in [0.05, 0.1) is 0 Å². The van der Waals surface area contributed by atoms with Crippen molar-refractivity contribution >= 4 is 8.25 Å². The Morgan fingerprint density at radius 1 is 1.43 bits per heavy atom. The van der Waals surface area contributed by atoms with Gasteiger partial charge in [-0.05, 0) is 0 Å². The zero-order valence-corrected chi connectivity index (χ0v) is 7.71. The summed E-state index contributed by atoms with van der Waals surface area (Å²) in [5.41, 5.74) is 0. The Kier molecular flexibility index (Phi) is 35.2. The Morgan fingerprint density at radius 3 is 1.43 bits per heavy atom. The summed E-state index contributed by atoms with van der Waals surface area (Å²) in [5.74, 6) is 0. The molecule has 7 heavy (non-hydrogen) atoms. The van der Waals surface area contributed by atoms with Gasteiger partial charge in [0.2, 0.25) is 0 Å². The van der Waals surface area contributed by atoms with Crippen LogP contribution in [0, 0.1) is 11.8 Å². The Bertz CT molecular complexity index is 59.2. The van der Waals surface area contributed by atoms with Gasteiger partial charge >= 0.3 is 59.6 Å². The predicted molar refractivity (Wildman–Crippen MR) is 17.0 cm³/mol. The number of nitrogens with zero attached hydrogens (tertiary/aromatic N) is 1. The van der Waals surface area contributed by atoms with Crippen LogP contribution in [0.4, 0.5) is 0 Å². The molecule has 0 rings (SSSR count). The zero-order valence-electron chi connectivity index (χ0n) is 3.70. The quantitative estimate of drug-likeness (QED) is 0.213. The Morgan fingerprint density at radius 2 is 1.43 bits per heavy atom. The summed E-state index contributed by atoms with van der Waals surface area (Å²) >= 11 is 0. The van der Waals surface area contributed by atoms with Crippen molar-refractivity contribution in [3.8, 4) is 0 Å². The van der Waals surface area contributed by atoms with E-state index in [-0.39, 0.29) is 51.4 Å². The standard InChI is InChI=1S/CN.K.HO3P/c1-2;;1-4(2)3/h;;(H-,1,2,3)/q-1;+1;/p+1. The van der Waals surface area contributed by atoms with Crippen molar-refractivity contribution in [2.45, 2.75) is 0 Å². The van der Waals surface area contributed by atoms with Gasteiger partial charge in [-0.15, -0.1) is 9.79 Å². The van der Waals surface area contributed by atoms with E-state index in [1.807, 2.05) is 0 Å². The minimum atomic E-state index is -2.87. The molecule has 0 aromatic rings. The van der Waals surface area contributed by atoms with Crippen LogP contribution in [0.3, 0.4) is 0 Å². The molecule has 0 aliphatic carbocycles. The van der Waals surface area contributed by atoms with Crippen LogP contribution >= 0.6 is 8.25 Å². The molecule has 0 bridgehead atoms. The van der Waals surface area contributed by atoms with E-state index < -0.39 is 8.25 Å². The molecule has 0 saturated carbocycles. The van der Waals surface area contributed by atoms with Gasteiger partial charge in [0.25, 0.3) is 0 Å². The van der Waals surface area contributed by atoms with Crippen molar-refractivity contribution in [2.75, 3.05) is 0 Å². The predicted octanol–water partition coefficient (Wildman–Crippen LogP) is -3.27. The van der Waals surface area contributed by atoms with Crippen molar-refractivity contribution in [1.82, 2.24) is 0 Å². The Balaban J connectivity index is -0.0000000480. The summed E-state index contributed by atoms with van der Waals surface area (Å²) in [6.07, 6.45) is 0. The van der Waals surface area contributed by atoms with Gasteiger partial charge in [-0.3, -0.25) is 0 Å². The molecule has 0 aromatic heterocycles. The fraction of sp³-hybridized carbons (Fsp3) is 0. The van der Waals surface area contributed by atoms with Crippen molar-refractivity contribution < 1.29 is 65.7 Å². The summed E-state index contributed by atoms with van der Waals surface area (Å²) in [4.78, 5) is 14.2. The van der Waals surface area contributed by atoms with Gasteiger partial charge in [-0.25, -0.2) is 0 Å². The maximum absolute atomic E-state index is 8.70. The molecule has 4 nitrogen and oxygen atoms in total. The van der Waals surface area contributed by atoms with E-state index in [2.05, 4.69) is 0 Å². The third-order valence-electron chi connectivity index (χ3n) is 0. The fourth-order valence-corrected chi connectivity index (χ4v) is 0. The molecule has 0 aliphatic rings. The molecule has 0 unspecified atom stereocenters. The summed E-state index contributed by atoms with van der Waals surface area (Å²) in [6.45, 7) is 4.75. The molecule has 6 heteroatoms. The SMILES string of the molecule is O=[P+](O)O.[C-]#N.[K+]. The molecule has 0 amide bonds. The molecule has 0 radical (unpaired) electrons. The molecule has 0 spiro atoms. The first-order valence-corrected chi connectivity index (χ1v) is 1.97. The summed E-state index contributed by atoms with van der Waals surface area (Å²) in [7, 11) is -2.87. The summed E-state index contributed by atoms with van der Waals surface area (Å²) in [5, 5.41) is 6.25. The first-order chi connectivity index (χ1) is 2.73. The van der Waals surface area contributed by atoms with Crippen LogP contribution in [0.15, 0.2) is 0 Å². The summed E-state index contributed by atoms with van der Waals surface area (Å²) in [6, 6.07) is 0. The van der Waals surface area contributed by atoms with Crippen LogP contribution in [-0.4, -0.2) is 9.79 Å². The minimum Gasteiger partial charge on any atom is -0.512 e. The maximum atomic E-state index is 8.70. The minimum absolute atomic E-state index is 0. The second kappa shape index (κ2) is 15.7. The third-order valence-corrected chi connectivity index (χ3v) is 0. The van der Waals surface area contributed by atoms with Gasteiger partial charge in [-0.2, -0.15) is 0 Å². The van der Waals surface area contributed by atoms with E-state index in [1.54, 1.807) is 0 Å². The molecule has 0 heterocycles. The molecule has 0 aliphatic heterocycles. The first kappa shape index (κ1) is 15.7. The van der Waals surface area contributed by atoms with E-state index in [0.717, 1.165) is 0 Å². The molecular formula is CH2KNO3P+. The van der Waals surface area contributed by atoms with Crippen molar-refractivity contribution in [1.29, 1.82) is 5.26 Å². The normalized spacial score (nSPS) is 4.00. The number of rotatable bonds is 0. The van der Waals surface area contributed by atoms with E-state index >= 15 is 0 Å². The van der Waals surface area contributed by atoms with Crippen LogP contribution in [0.25, 0.3) is 0 Å². The topological polar surface area (TPSA) is 81.3 Å². The summed E-state index contributed by atoms with van der Waals surface area (Å²) < 4.78 is 8.70. The molecular weight excluding hydrogens is 144 g/mol. The largest absolute Gasteiger partial charge is 1.00 e. The molecule has 0 fully saturated rings. The van der Waals surface area contributed by atoms with Crippen LogP contribution in [0.5, 0.6) is 0 Å². The van der Waals surface area contributed by atoms with E-state index in [9.17, 15) is 0 Å². The van der Waals surface area contributed by atoms with Crippen LogP contribution in [-0.2, 0) is 4.57 Å². The van der Waals surface area contributed by atoms with Gasteiger partial charge in [0.1, 0.15) is 0 Å². The fourth-order valence-electron chi connectivity index (χ4n) is 0. The Labute approximate surface area is 84.5 Å². The second-order valence-electron chi connectivity index (χ2n) is 0.253. The van der Waals surface area contributed by atoms with Gasteiger partial charge in [0.15, 0.2) is 0 Å². The molecule has 0 atom stereocenters. The van der Waals surface area contributed by atoms with Gasteiger partial charge in [-0.1, -0.05) is 0 Å². The third kappa shape index (κ3) is 144. The van der Waals surface area contributed by atoms with Gasteiger partial charge in [0, 0.05) is 4.57 Å². The van der Waals surface area contributed by atoms with E-state index in [4.69, 9.17) is 26.2 Å². The molecule has 2 N–H and O–H groups in total. The van der Waals surface area contributed by atoms with Crippen LogP contribution in [0.2, 0.25) is 0 Å². The van der Waals surface area contributed by atoms with Gasteiger partial charge < -0.3 is 11.8 Å². The van der Waals surface area contributed by atoms with Crippen molar-refractivity contribution in [3.63, 3.8) is 0 Å². The zero-order chi connectivity index (χ0) is 5.58. The van der Waals surface area contributed by atoms with Crippen molar-refractivity contribution in [2.24, 2.45) is 0 Å². The van der Waals surface area contributed by atoms with Crippen LogP contribution in [0.1, 0.15) is 0 Å². The van der Waals surface area contributed by atoms with E-state index in [0.29, 0.717) is 0 Å². The van der Waals surface area contributed by atoms with Crippen LogP contribution < -0.4 is 51.4 Å². The molecule has 0 saturated heterocycles. The number of hydrogen-bond acceptors (Lipinski definition) is 2. The first-order valence-electron chi connectivity index (χ1n) is 0.806. The Hall–Kier alpha value is 1.15. The maximum Gasteiger partial charge on any atom is 1.00 e. The molecule has 0 aromatic carbocycles. The van der Waals surface area contributed by atoms with E-state index in [1.165, 1.54) is 0 Å². The van der Waals surface area contributed by atoms with Crippen molar-refractivity contribution in [3.05, 3.63) is 6.57 Å².